The van der Waals surface area contributed by atoms with E-state index in [1.165, 1.54) is 22.5 Å². The van der Waals surface area contributed by atoms with E-state index in [4.69, 9.17) is 0 Å². The van der Waals surface area contributed by atoms with Gasteiger partial charge in [0.2, 0.25) is 0 Å². The van der Waals surface area contributed by atoms with Crippen molar-refractivity contribution in [3.05, 3.63) is 52.8 Å². The molecule has 1 N–H and O–H groups in total. The zero-order valence-electron chi connectivity index (χ0n) is 10.1. The molecule has 1 aliphatic rings. The molecular formula is C14H17N3. The fourth-order valence-electron chi connectivity index (χ4n) is 2.46. The van der Waals surface area contributed by atoms with Gasteiger partial charge in [-0.2, -0.15) is 5.10 Å². The van der Waals surface area contributed by atoms with Gasteiger partial charge in [-0.3, -0.25) is 10.00 Å². The summed E-state index contributed by atoms with van der Waals surface area (Å²) in [5, 5.41) is 7.43. The quantitative estimate of drug-likeness (QED) is 0.853. The molecule has 3 nitrogen and oxygen atoms in total. The van der Waals surface area contributed by atoms with Crippen molar-refractivity contribution in [2.75, 3.05) is 6.54 Å². The van der Waals surface area contributed by atoms with Crippen LogP contribution in [-0.4, -0.2) is 21.6 Å². The van der Waals surface area contributed by atoms with Gasteiger partial charge >= 0.3 is 0 Å². The Morgan fingerprint density at radius 1 is 1.29 bits per heavy atom. The van der Waals surface area contributed by atoms with Crippen molar-refractivity contribution in [3.63, 3.8) is 0 Å². The number of aryl methyl sites for hydroxylation is 1. The van der Waals surface area contributed by atoms with Gasteiger partial charge in [0.05, 0.1) is 5.69 Å². The highest BCUT2D eigenvalue weighted by atomic mass is 15.2. The van der Waals surface area contributed by atoms with Gasteiger partial charge in [0.25, 0.3) is 0 Å². The summed E-state index contributed by atoms with van der Waals surface area (Å²) in [5.41, 5.74) is 5.26. The Bertz CT molecular complexity index is 501. The molecule has 3 rings (SSSR count). The van der Waals surface area contributed by atoms with Crippen molar-refractivity contribution in [1.29, 1.82) is 0 Å². The summed E-state index contributed by atoms with van der Waals surface area (Å²) in [6.07, 6.45) is 1.06. The minimum absolute atomic E-state index is 1.02. The average molecular weight is 227 g/mol. The second-order valence-electron chi connectivity index (χ2n) is 4.72. The van der Waals surface area contributed by atoms with E-state index >= 15 is 0 Å². The van der Waals surface area contributed by atoms with Crippen LogP contribution in [0.15, 0.2) is 30.3 Å². The topological polar surface area (TPSA) is 31.9 Å². The lowest BCUT2D eigenvalue weighted by molar-refractivity contribution is 0.244. The second kappa shape index (κ2) is 4.34. The lowest BCUT2D eigenvalue weighted by Crippen LogP contribution is -2.30. The highest BCUT2D eigenvalue weighted by Gasteiger charge is 2.20. The first kappa shape index (κ1) is 10.5. The number of aromatic amines is 1. The molecule has 0 bridgehead atoms. The van der Waals surface area contributed by atoms with Crippen LogP contribution < -0.4 is 0 Å². The first-order chi connectivity index (χ1) is 8.33. The van der Waals surface area contributed by atoms with Crippen LogP contribution in [0.1, 0.15) is 22.5 Å². The lowest BCUT2D eigenvalue weighted by atomic mass is 10.1. The molecular weight excluding hydrogens is 210 g/mol. The van der Waals surface area contributed by atoms with Gasteiger partial charge < -0.3 is 0 Å². The third-order valence-corrected chi connectivity index (χ3v) is 3.46. The molecule has 0 saturated carbocycles. The molecule has 0 atom stereocenters. The third-order valence-electron chi connectivity index (χ3n) is 3.46. The van der Waals surface area contributed by atoms with Crippen molar-refractivity contribution in [3.8, 4) is 0 Å². The Morgan fingerprint density at radius 3 is 2.94 bits per heavy atom. The molecule has 0 saturated heterocycles. The van der Waals surface area contributed by atoms with Crippen LogP contribution in [0.3, 0.4) is 0 Å². The number of hydrogen-bond donors (Lipinski definition) is 1. The van der Waals surface area contributed by atoms with Crippen molar-refractivity contribution in [1.82, 2.24) is 15.1 Å². The first-order valence-corrected chi connectivity index (χ1v) is 6.12. The first-order valence-electron chi connectivity index (χ1n) is 6.12. The van der Waals surface area contributed by atoms with Crippen molar-refractivity contribution >= 4 is 0 Å². The Balaban J connectivity index is 1.74. The number of fused-ring (bicyclic) bond motifs is 1. The third kappa shape index (κ3) is 2.11. The summed E-state index contributed by atoms with van der Waals surface area (Å²) in [6.45, 7) is 5.27. The fraction of sp³-hybridized carbons (Fsp3) is 0.357. The van der Waals surface area contributed by atoms with Crippen LogP contribution in [-0.2, 0) is 19.5 Å². The molecule has 88 valence electrons. The molecule has 0 fully saturated rings. The molecule has 0 unspecified atom stereocenters. The average Bonchev–Trinajstić information content (AvgIpc) is 2.73. The molecule has 1 aromatic heterocycles. The van der Waals surface area contributed by atoms with E-state index in [0.717, 1.165) is 26.1 Å². The summed E-state index contributed by atoms with van der Waals surface area (Å²) in [5.74, 6) is 0. The van der Waals surface area contributed by atoms with Gasteiger partial charge in [0.1, 0.15) is 0 Å². The molecule has 1 aliphatic heterocycles. The van der Waals surface area contributed by atoms with Gasteiger partial charge in [0.15, 0.2) is 0 Å². The number of benzene rings is 1. The maximum absolute atomic E-state index is 4.35. The molecule has 1 aromatic carbocycles. The number of H-pyrrole nitrogens is 1. The zero-order chi connectivity index (χ0) is 11.7. The summed E-state index contributed by atoms with van der Waals surface area (Å²) >= 11 is 0. The molecule has 17 heavy (non-hydrogen) atoms. The van der Waals surface area contributed by atoms with Crippen LogP contribution in [0.25, 0.3) is 0 Å². The maximum Gasteiger partial charge on any atom is 0.0682 e. The molecule has 0 spiro atoms. The Kier molecular flexibility index (Phi) is 2.69. The van der Waals surface area contributed by atoms with Gasteiger partial charge in [-0.05, 0) is 12.5 Å². The Morgan fingerprint density at radius 2 is 2.12 bits per heavy atom. The number of rotatable bonds is 2. The smallest absolute Gasteiger partial charge is 0.0682 e. The summed E-state index contributed by atoms with van der Waals surface area (Å²) in [7, 11) is 0. The molecule has 2 heterocycles. The molecule has 2 aromatic rings. The molecule has 0 aliphatic carbocycles. The van der Waals surface area contributed by atoms with E-state index in [0.29, 0.717) is 0 Å². The number of hydrogen-bond acceptors (Lipinski definition) is 2. The summed E-state index contributed by atoms with van der Waals surface area (Å²) < 4.78 is 0. The minimum Gasteiger partial charge on any atom is -0.294 e. The normalized spacial score (nSPS) is 15.8. The largest absolute Gasteiger partial charge is 0.294 e. The SMILES string of the molecule is Cc1[nH]nc2c1CN(Cc1ccccc1)CC2. The minimum atomic E-state index is 1.02. The molecule has 0 radical (unpaired) electrons. The van der Waals surface area contributed by atoms with Crippen molar-refractivity contribution in [2.45, 2.75) is 26.4 Å². The summed E-state index contributed by atoms with van der Waals surface area (Å²) in [4.78, 5) is 2.49. The van der Waals surface area contributed by atoms with E-state index in [1.807, 2.05) is 0 Å². The van der Waals surface area contributed by atoms with Crippen LogP contribution in [0, 0.1) is 6.92 Å². The highest BCUT2D eigenvalue weighted by Crippen LogP contribution is 2.20. The lowest BCUT2D eigenvalue weighted by Gasteiger charge is -2.26. The van der Waals surface area contributed by atoms with E-state index in [1.54, 1.807) is 0 Å². The zero-order valence-corrected chi connectivity index (χ0v) is 10.1. The van der Waals surface area contributed by atoms with Gasteiger partial charge in [-0.25, -0.2) is 0 Å². The van der Waals surface area contributed by atoms with Crippen LogP contribution >= 0.6 is 0 Å². The van der Waals surface area contributed by atoms with Crippen LogP contribution in [0.5, 0.6) is 0 Å². The predicted octanol–water partition coefficient (Wildman–Crippen LogP) is 2.28. The summed E-state index contributed by atoms with van der Waals surface area (Å²) in [6, 6.07) is 10.7. The van der Waals surface area contributed by atoms with Crippen molar-refractivity contribution in [2.24, 2.45) is 0 Å². The highest BCUT2D eigenvalue weighted by molar-refractivity contribution is 5.27. The van der Waals surface area contributed by atoms with Gasteiger partial charge in [-0.15, -0.1) is 0 Å². The van der Waals surface area contributed by atoms with E-state index in [-0.39, 0.29) is 0 Å². The molecule has 3 heteroatoms. The predicted molar refractivity (Wildman–Crippen MR) is 67.6 cm³/mol. The van der Waals surface area contributed by atoms with Crippen LogP contribution in [0.2, 0.25) is 0 Å². The van der Waals surface area contributed by atoms with E-state index < -0.39 is 0 Å². The van der Waals surface area contributed by atoms with E-state index in [9.17, 15) is 0 Å². The Hall–Kier alpha value is -1.61. The van der Waals surface area contributed by atoms with Crippen molar-refractivity contribution < 1.29 is 0 Å². The second-order valence-corrected chi connectivity index (χ2v) is 4.72. The van der Waals surface area contributed by atoms with Crippen LogP contribution in [0.4, 0.5) is 0 Å². The number of nitrogens with zero attached hydrogens (tertiary/aromatic N) is 2. The van der Waals surface area contributed by atoms with Gasteiger partial charge in [0, 0.05) is 37.3 Å². The Labute approximate surface area is 101 Å². The molecule has 0 amide bonds. The number of aromatic nitrogens is 2. The van der Waals surface area contributed by atoms with Gasteiger partial charge in [-0.1, -0.05) is 30.3 Å². The monoisotopic (exact) mass is 227 g/mol. The maximum atomic E-state index is 4.35. The standard InChI is InChI=1S/C14H17N3/c1-11-13-10-17(8-7-14(13)16-15-11)9-12-5-3-2-4-6-12/h2-6H,7-10H2,1H3,(H,15,16). The number of nitrogens with one attached hydrogen (secondary N) is 1. The van der Waals surface area contributed by atoms with E-state index in [2.05, 4.69) is 52.4 Å². The fourth-order valence-corrected chi connectivity index (χ4v) is 2.46.